The van der Waals surface area contributed by atoms with Crippen molar-refractivity contribution in [2.75, 3.05) is 0 Å². The molecular formula is C21H18N2O. The molecule has 0 saturated carbocycles. The van der Waals surface area contributed by atoms with Gasteiger partial charge in [0.2, 0.25) is 0 Å². The molecule has 0 fully saturated rings. The maximum atomic E-state index is 13.0. The highest BCUT2D eigenvalue weighted by atomic mass is 16.1. The van der Waals surface area contributed by atoms with E-state index in [1.165, 1.54) is 11.1 Å². The summed E-state index contributed by atoms with van der Waals surface area (Å²) in [5.41, 5.74) is 6.56. The fourth-order valence-electron chi connectivity index (χ4n) is 4.23. The topological polar surface area (TPSA) is 42.9 Å². The van der Waals surface area contributed by atoms with Gasteiger partial charge in [0.15, 0.2) is 0 Å². The van der Waals surface area contributed by atoms with Crippen molar-refractivity contribution in [3.05, 3.63) is 71.0 Å². The number of carbonyl (C=O) groups excluding carboxylic acids is 1. The monoisotopic (exact) mass is 314 g/mol. The van der Waals surface area contributed by atoms with Gasteiger partial charge in [-0.1, -0.05) is 36.4 Å². The maximum absolute atomic E-state index is 13.0. The first-order chi connectivity index (χ1) is 11.8. The highest BCUT2D eigenvalue weighted by molar-refractivity contribution is 5.86. The van der Waals surface area contributed by atoms with Gasteiger partial charge in [-0.3, -0.25) is 4.79 Å². The summed E-state index contributed by atoms with van der Waals surface area (Å²) in [6, 6.07) is 16.5. The molecule has 0 N–H and O–H groups in total. The summed E-state index contributed by atoms with van der Waals surface area (Å²) < 4.78 is 0. The van der Waals surface area contributed by atoms with Crippen molar-refractivity contribution < 1.29 is 4.79 Å². The van der Waals surface area contributed by atoms with E-state index in [4.69, 9.17) is 9.97 Å². The quantitative estimate of drug-likeness (QED) is 0.639. The van der Waals surface area contributed by atoms with Gasteiger partial charge in [0, 0.05) is 24.7 Å². The molecule has 118 valence electrons. The molecule has 0 saturated heterocycles. The first kappa shape index (κ1) is 13.8. The van der Waals surface area contributed by atoms with Crippen LogP contribution >= 0.6 is 0 Å². The molecule has 2 unspecified atom stereocenters. The molecule has 1 aromatic heterocycles. The summed E-state index contributed by atoms with van der Waals surface area (Å²) in [6.45, 7) is 0. The van der Waals surface area contributed by atoms with Crippen LogP contribution in [-0.4, -0.2) is 15.8 Å². The third-order valence-electron chi connectivity index (χ3n) is 5.46. The van der Waals surface area contributed by atoms with E-state index in [0.717, 1.165) is 48.1 Å². The SMILES string of the molecule is O=C1C2Cc3ccccc3CC1Cc1nc3ccccc3nc1C2. The summed E-state index contributed by atoms with van der Waals surface area (Å²) in [4.78, 5) is 22.7. The molecule has 0 radical (unpaired) electrons. The van der Waals surface area contributed by atoms with Crippen molar-refractivity contribution in [3.63, 3.8) is 0 Å². The molecular weight excluding hydrogens is 296 g/mol. The largest absolute Gasteiger partial charge is 0.299 e. The normalized spacial score (nSPS) is 22.4. The Labute approximate surface area is 140 Å². The molecule has 2 aliphatic rings. The zero-order valence-electron chi connectivity index (χ0n) is 13.4. The van der Waals surface area contributed by atoms with E-state index in [9.17, 15) is 4.79 Å². The van der Waals surface area contributed by atoms with Gasteiger partial charge in [0.05, 0.1) is 22.4 Å². The van der Waals surface area contributed by atoms with Crippen LogP contribution in [0.15, 0.2) is 48.5 Å². The smallest absolute Gasteiger partial charge is 0.140 e. The molecule has 24 heavy (non-hydrogen) atoms. The molecule has 3 nitrogen and oxygen atoms in total. The van der Waals surface area contributed by atoms with Gasteiger partial charge in [-0.25, -0.2) is 9.97 Å². The number of Topliss-reactive ketones (excluding diaryl/α,β-unsaturated/α-hetero) is 1. The lowest BCUT2D eigenvalue weighted by Crippen LogP contribution is -2.24. The molecule has 3 heteroatoms. The lowest BCUT2D eigenvalue weighted by Gasteiger charge is -2.13. The minimum atomic E-state index is 0.0374. The van der Waals surface area contributed by atoms with Crippen LogP contribution in [0.3, 0.4) is 0 Å². The Morgan fingerprint density at radius 2 is 1.12 bits per heavy atom. The molecule has 2 aromatic carbocycles. The maximum Gasteiger partial charge on any atom is 0.140 e. The van der Waals surface area contributed by atoms with Crippen molar-refractivity contribution in [1.82, 2.24) is 9.97 Å². The summed E-state index contributed by atoms with van der Waals surface area (Å²) in [5.74, 6) is 0.473. The second kappa shape index (κ2) is 5.23. The number of hydrogen-bond donors (Lipinski definition) is 0. The summed E-state index contributed by atoms with van der Waals surface area (Å²) in [5, 5.41) is 0. The van der Waals surface area contributed by atoms with Crippen molar-refractivity contribution in [2.24, 2.45) is 11.8 Å². The van der Waals surface area contributed by atoms with Crippen LogP contribution in [0.4, 0.5) is 0 Å². The van der Waals surface area contributed by atoms with Crippen LogP contribution in [0.2, 0.25) is 0 Å². The average molecular weight is 314 g/mol. The number of carbonyl (C=O) groups is 1. The minimum absolute atomic E-state index is 0.0374. The second-order valence-electron chi connectivity index (χ2n) is 6.99. The molecule has 0 spiro atoms. The Morgan fingerprint density at radius 1 is 0.667 bits per heavy atom. The van der Waals surface area contributed by atoms with E-state index < -0.39 is 0 Å². The van der Waals surface area contributed by atoms with Gasteiger partial charge in [-0.2, -0.15) is 0 Å². The lowest BCUT2D eigenvalue weighted by atomic mass is 9.89. The Bertz CT molecular complexity index is 887. The highest BCUT2D eigenvalue weighted by Gasteiger charge is 2.36. The average Bonchev–Trinajstić information content (AvgIpc) is 2.81. The molecule has 3 aromatic rings. The first-order valence-electron chi connectivity index (χ1n) is 8.63. The van der Waals surface area contributed by atoms with E-state index in [1.54, 1.807) is 0 Å². The Balaban J connectivity index is 1.64. The number of benzene rings is 2. The van der Waals surface area contributed by atoms with Crippen LogP contribution in [-0.2, 0) is 30.5 Å². The van der Waals surface area contributed by atoms with E-state index >= 15 is 0 Å². The van der Waals surface area contributed by atoms with Crippen LogP contribution < -0.4 is 0 Å². The Kier molecular flexibility index (Phi) is 3.02. The van der Waals surface area contributed by atoms with Gasteiger partial charge in [0.1, 0.15) is 5.78 Å². The number of rotatable bonds is 0. The predicted molar refractivity (Wildman–Crippen MR) is 92.8 cm³/mol. The van der Waals surface area contributed by atoms with E-state index in [0.29, 0.717) is 5.78 Å². The molecule has 0 amide bonds. The number of para-hydroxylation sites is 2. The number of aromatic nitrogens is 2. The minimum Gasteiger partial charge on any atom is -0.299 e. The second-order valence-corrected chi connectivity index (χ2v) is 6.99. The molecule has 1 heterocycles. The van der Waals surface area contributed by atoms with Gasteiger partial charge in [-0.05, 0) is 36.1 Å². The molecule has 2 atom stereocenters. The predicted octanol–water partition coefficient (Wildman–Crippen LogP) is 3.33. The van der Waals surface area contributed by atoms with Gasteiger partial charge in [0.25, 0.3) is 0 Å². The van der Waals surface area contributed by atoms with Crippen LogP contribution in [0.1, 0.15) is 22.5 Å². The standard InChI is InChI=1S/C21H18N2O/c24-21-15-9-13-5-1-2-6-14(13)10-16(21)12-20-19(11-15)22-17-7-3-4-8-18(17)23-20/h1-8,15-16H,9-12H2. The van der Waals surface area contributed by atoms with Crippen molar-refractivity contribution >= 4 is 16.8 Å². The van der Waals surface area contributed by atoms with Crippen LogP contribution in [0.5, 0.6) is 0 Å². The fraction of sp³-hybridized carbons (Fsp3) is 0.286. The van der Waals surface area contributed by atoms with Gasteiger partial charge >= 0.3 is 0 Å². The zero-order valence-corrected chi connectivity index (χ0v) is 13.4. The molecule has 2 bridgehead atoms. The highest BCUT2D eigenvalue weighted by Crippen LogP contribution is 2.33. The summed E-state index contributed by atoms with van der Waals surface area (Å²) in [7, 11) is 0. The molecule has 0 aliphatic heterocycles. The fourth-order valence-corrected chi connectivity index (χ4v) is 4.23. The third kappa shape index (κ3) is 2.15. The van der Waals surface area contributed by atoms with Crippen LogP contribution in [0, 0.1) is 11.8 Å². The van der Waals surface area contributed by atoms with Gasteiger partial charge in [-0.15, -0.1) is 0 Å². The number of fused-ring (bicyclic) bond motifs is 5. The molecule has 5 rings (SSSR count). The van der Waals surface area contributed by atoms with Crippen LogP contribution in [0.25, 0.3) is 11.0 Å². The Hall–Kier alpha value is -2.55. The third-order valence-corrected chi connectivity index (χ3v) is 5.46. The first-order valence-corrected chi connectivity index (χ1v) is 8.63. The van der Waals surface area contributed by atoms with Gasteiger partial charge < -0.3 is 0 Å². The van der Waals surface area contributed by atoms with Crippen molar-refractivity contribution in [3.8, 4) is 0 Å². The summed E-state index contributed by atoms with van der Waals surface area (Å²) >= 11 is 0. The molecule has 2 aliphatic carbocycles. The number of hydrogen-bond acceptors (Lipinski definition) is 3. The van der Waals surface area contributed by atoms with E-state index in [2.05, 4.69) is 24.3 Å². The summed E-state index contributed by atoms with van der Waals surface area (Å²) in [6.07, 6.45) is 3.10. The van der Waals surface area contributed by atoms with Crippen molar-refractivity contribution in [2.45, 2.75) is 25.7 Å². The lowest BCUT2D eigenvalue weighted by molar-refractivity contribution is -0.126. The zero-order chi connectivity index (χ0) is 16.1. The number of nitrogens with zero attached hydrogens (tertiary/aromatic N) is 2. The van der Waals surface area contributed by atoms with Crippen molar-refractivity contribution in [1.29, 1.82) is 0 Å². The Morgan fingerprint density at radius 3 is 1.62 bits per heavy atom. The van der Waals surface area contributed by atoms with E-state index in [-0.39, 0.29) is 11.8 Å². The van der Waals surface area contributed by atoms with E-state index in [1.807, 2.05) is 24.3 Å². The number of ketones is 1.